The van der Waals surface area contributed by atoms with Gasteiger partial charge in [0.1, 0.15) is 0 Å². The Bertz CT molecular complexity index is 563. The number of aliphatic imine (C=N–C) groups is 1. The number of hydrogen-bond donors (Lipinski definition) is 2. The van der Waals surface area contributed by atoms with Crippen LogP contribution in [0, 0.1) is 11.8 Å². The van der Waals surface area contributed by atoms with Crippen molar-refractivity contribution < 1.29 is 8.42 Å². The minimum atomic E-state index is -3.13. The third kappa shape index (κ3) is 6.91. The summed E-state index contributed by atoms with van der Waals surface area (Å²) in [5.41, 5.74) is 0. The lowest BCUT2D eigenvalue weighted by molar-refractivity contribution is 0.0864. The van der Waals surface area contributed by atoms with Gasteiger partial charge in [-0.3, -0.25) is 9.89 Å². The lowest BCUT2D eigenvalue weighted by atomic mass is 9.79. The van der Waals surface area contributed by atoms with Gasteiger partial charge >= 0.3 is 0 Å². The average Bonchev–Trinajstić information content (AvgIpc) is 2.68. The number of hydrogen-bond acceptors (Lipinski definition) is 4. The molecule has 1 aliphatic carbocycles. The number of nitrogens with one attached hydrogen (secondary N) is 2. The molecule has 0 aromatic rings. The third-order valence-corrected chi connectivity index (χ3v) is 7.54. The van der Waals surface area contributed by atoms with Crippen LogP contribution < -0.4 is 10.0 Å². The van der Waals surface area contributed by atoms with Crippen LogP contribution in [0.1, 0.15) is 46.5 Å². The minimum Gasteiger partial charge on any atom is -0.355 e. The van der Waals surface area contributed by atoms with Gasteiger partial charge in [0, 0.05) is 52.4 Å². The highest BCUT2D eigenvalue weighted by Gasteiger charge is 2.29. The SMILES string of the molecule is CCS(=O)(=O)NCCNC(=NC)N1CCN(C2CCC(C(C)C)CC2)CC1. The Hall–Kier alpha value is -0.860. The zero-order valence-corrected chi connectivity index (χ0v) is 18.4. The van der Waals surface area contributed by atoms with Crippen LogP contribution in [0.4, 0.5) is 0 Å². The predicted molar refractivity (Wildman–Crippen MR) is 113 cm³/mol. The van der Waals surface area contributed by atoms with Crippen molar-refractivity contribution in [3.63, 3.8) is 0 Å². The normalized spacial score (nSPS) is 25.8. The molecule has 2 fully saturated rings. The predicted octanol–water partition coefficient (Wildman–Crippen LogP) is 1.33. The number of piperazine rings is 1. The molecule has 1 heterocycles. The molecular weight excluding hydrogens is 362 g/mol. The van der Waals surface area contributed by atoms with Crippen LogP contribution >= 0.6 is 0 Å². The lowest BCUT2D eigenvalue weighted by Gasteiger charge is -2.43. The maximum absolute atomic E-state index is 11.5. The van der Waals surface area contributed by atoms with Crippen molar-refractivity contribution in [3.05, 3.63) is 0 Å². The fourth-order valence-electron chi connectivity index (χ4n) is 4.25. The van der Waals surface area contributed by atoms with Crippen LogP contribution in [0.2, 0.25) is 0 Å². The Labute approximate surface area is 166 Å². The Kier molecular flexibility index (Phi) is 8.82. The second kappa shape index (κ2) is 10.6. The van der Waals surface area contributed by atoms with E-state index in [1.807, 2.05) is 0 Å². The molecule has 0 amide bonds. The lowest BCUT2D eigenvalue weighted by Crippen LogP contribution is -2.55. The van der Waals surface area contributed by atoms with Crippen molar-refractivity contribution in [1.82, 2.24) is 19.8 Å². The van der Waals surface area contributed by atoms with E-state index in [0.717, 1.165) is 50.0 Å². The molecule has 2 aliphatic rings. The van der Waals surface area contributed by atoms with Gasteiger partial charge in [-0.1, -0.05) is 13.8 Å². The maximum atomic E-state index is 11.5. The molecule has 2 rings (SSSR count). The summed E-state index contributed by atoms with van der Waals surface area (Å²) in [5.74, 6) is 2.71. The first kappa shape index (κ1) is 22.4. The molecule has 7 nitrogen and oxygen atoms in total. The van der Waals surface area contributed by atoms with Crippen molar-refractivity contribution >= 4 is 16.0 Å². The van der Waals surface area contributed by atoms with Crippen molar-refractivity contribution in [1.29, 1.82) is 0 Å². The largest absolute Gasteiger partial charge is 0.355 e. The minimum absolute atomic E-state index is 0.114. The summed E-state index contributed by atoms with van der Waals surface area (Å²) in [7, 11) is -1.34. The monoisotopic (exact) mass is 401 g/mol. The Morgan fingerprint density at radius 1 is 1.07 bits per heavy atom. The first-order chi connectivity index (χ1) is 12.9. The van der Waals surface area contributed by atoms with E-state index in [1.165, 1.54) is 25.7 Å². The molecule has 0 unspecified atom stereocenters. The first-order valence-electron chi connectivity index (χ1n) is 10.5. The molecular formula is C19H39N5O2S. The second-order valence-electron chi connectivity index (χ2n) is 8.11. The van der Waals surface area contributed by atoms with E-state index in [2.05, 4.69) is 38.7 Å². The van der Waals surface area contributed by atoms with E-state index in [1.54, 1.807) is 14.0 Å². The van der Waals surface area contributed by atoms with Gasteiger partial charge in [0.2, 0.25) is 10.0 Å². The van der Waals surface area contributed by atoms with Gasteiger partial charge in [-0.15, -0.1) is 0 Å². The van der Waals surface area contributed by atoms with Gasteiger partial charge in [0.05, 0.1) is 5.75 Å². The molecule has 0 aromatic heterocycles. The highest BCUT2D eigenvalue weighted by molar-refractivity contribution is 7.89. The van der Waals surface area contributed by atoms with Gasteiger partial charge in [-0.2, -0.15) is 0 Å². The average molecular weight is 402 g/mol. The van der Waals surface area contributed by atoms with Crippen molar-refractivity contribution in [2.24, 2.45) is 16.8 Å². The van der Waals surface area contributed by atoms with Crippen LogP contribution in [-0.4, -0.2) is 82.3 Å². The van der Waals surface area contributed by atoms with Crippen molar-refractivity contribution in [2.75, 3.05) is 52.1 Å². The molecule has 0 bridgehead atoms. The van der Waals surface area contributed by atoms with E-state index in [9.17, 15) is 8.42 Å². The van der Waals surface area contributed by atoms with Gasteiger partial charge in [-0.05, 0) is 44.4 Å². The van der Waals surface area contributed by atoms with Gasteiger partial charge in [0.15, 0.2) is 5.96 Å². The topological polar surface area (TPSA) is 77.0 Å². The fraction of sp³-hybridized carbons (Fsp3) is 0.947. The van der Waals surface area contributed by atoms with Crippen molar-refractivity contribution in [3.8, 4) is 0 Å². The molecule has 0 atom stereocenters. The highest BCUT2D eigenvalue weighted by atomic mass is 32.2. The van der Waals surface area contributed by atoms with E-state index in [-0.39, 0.29) is 5.75 Å². The Morgan fingerprint density at radius 3 is 2.22 bits per heavy atom. The Balaban J connectivity index is 1.71. The molecule has 8 heteroatoms. The number of nitrogens with zero attached hydrogens (tertiary/aromatic N) is 3. The summed E-state index contributed by atoms with van der Waals surface area (Å²) < 4.78 is 25.5. The van der Waals surface area contributed by atoms with Gasteiger partial charge < -0.3 is 10.2 Å². The van der Waals surface area contributed by atoms with E-state index < -0.39 is 10.0 Å². The summed E-state index contributed by atoms with van der Waals surface area (Å²) in [6.45, 7) is 11.4. The quantitative estimate of drug-likeness (QED) is 0.382. The van der Waals surface area contributed by atoms with Crippen molar-refractivity contribution in [2.45, 2.75) is 52.5 Å². The van der Waals surface area contributed by atoms with E-state index >= 15 is 0 Å². The summed E-state index contributed by atoms with van der Waals surface area (Å²) in [6, 6.07) is 0.751. The van der Waals surface area contributed by atoms with E-state index in [0.29, 0.717) is 13.1 Å². The molecule has 27 heavy (non-hydrogen) atoms. The zero-order chi connectivity index (χ0) is 19.9. The summed E-state index contributed by atoms with van der Waals surface area (Å²) in [4.78, 5) is 9.31. The van der Waals surface area contributed by atoms with E-state index in [4.69, 9.17) is 0 Å². The third-order valence-electron chi connectivity index (χ3n) is 6.14. The van der Waals surface area contributed by atoms with Crippen LogP contribution in [0.3, 0.4) is 0 Å². The highest BCUT2D eigenvalue weighted by Crippen LogP contribution is 2.32. The van der Waals surface area contributed by atoms with Crippen LogP contribution in [0.5, 0.6) is 0 Å². The van der Waals surface area contributed by atoms with Crippen LogP contribution in [0.15, 0.2) is 4.99 Å². The summed E-state index contributed by atoms with van der Waals surface area (Å²) in [5, 5.41) is 3.28. The van der Waals surface area contributed by atoms with Crippen LogP contribution in [0.25, 0.3) is 0 Å². The molecule has 0 spiro atoms. The number of rotatable bonds is 7. The summed E-state index contributed by atoms with van der Waals surface area (Å²) in [6.07, 6.45) is 5.43. The molecule has 0 radical (unpaired) electrons. The van der Waals surface area contributed by atoms with Gasteiger partial charge in [-0.25, -0.2) is 13.1 Å². The smallest absolute Gasteiger partial charge is 0.211 e. The Morgan fingerprint density at radius 2 is 1.70 bits per heavy atom. The molecule has 1 saturated heterocycles. The molecule has 2 N–H and O–H groups in total. The second-order valence-corrected chi connectivity index (χ2v) is 10.2. The van der Waals surface area contributed by atoms with Gasteiger partial charge in [0.25, 0.3) is 0 Å². The van der Waals surface area contributed by atoms with Crippen LogP contribution in [-0.2, 0) is 10.0 Å². The molecule has 1 aliphatic heterocycles. The molecule has 158 valence electrons. The molecule has 0 aromatic carbocycles. The maximum Gasteiger partial charge on any atom is 0.211 e. The molecule has 1 saturated carbocycles. The first-order valence-corrected chi connectivity index (χ1v) is 12.2. The standard InChI is InChI=1S/C19H39N5O2S/c1-5-27(25,26)22-11-10-21-19(20-4)24-14-12-23(13-15-24)18-8-6-17(7-9-18)16(2)3/h16-18,22H,5-15H2,1-4H3,(H,20,21). The number of guanidine groups is 1. The summed E-state index contributed by atoms with van der Waals surface area (Å²) >= 11 is 0. The zero-order valence-electron chi connectivity index (χ0n) is 17.6. The number of sulfonamides is 1. The fourth-order valence-corrected chi connectivity index (χ4v) is 4.86.